The molecule has 0 spiro atoms. The van der Waals surface area contributed by atoms with Crippen molar-refractivity contribution in [1.29, 1.82) is 0 Å². The highest BCUT2D eigenvalue weighted by molar-refractivity contribution is 5.74. The fraction of sp³-hybridized carbons (Fsp3) is 0.188. The summed E-state index contributed by atoms with van der Waals surface area (Å²) in [5.74, 6) is -0.237. The number of para-hydroxylation sites is 1. The number of carbonyl (C=O) groups is 1. The van der Waals surface area contributed by atoms with Gasteiger partial charge in [0, 0.05) is 6.42 Å². The van der Waals surface area contributed by atoms with E-state index in [-0.39, 0.29) is 18.1 Å². The highest BCUT2D eigenvalue weighted by atomic mass is 16.5. The Bertz CT molecular complexity index is 793. The van der Waals surface area contributed by atoms with Crippen molar-refractivity contribution in [2.24, 2.45) is 0 Å². The number of hydrogen-bond acceptors (Lipinski definition) is 5. The van der Waals surface area contributed by atoms with Crippen molar-refractivity contribution in [1.82, 2.24) is 15.0 Å². The van der Waals surface area contributed by atoms with E-state index in [1.807, 2.05) is 24.3 Å². The van der Waals surface area contributed by atoms with Crippen molar-refractivity contribution in [3.05, 3.63) is 48.0 Å². The third kappa shape index (κ3) is 2.63. The first-order chi connectivity index (χ1) is 10.7. The van der Waals surface area contributed by atoms with E-state index in [1.54, 1.807) is 18.2 Å². The quantitative estimate of drug-likeness (QED) is 0.747. The molecule has 3 aromatic rings. The Morgan fingerprint density at radius 3 is 2.45 bits per heavy atom. The van der Waals surface area contributed by atoms with Gasteiger partial charge in [-0.25, -0.2) is 0 Å². The molecule has 6 heteroatoms. The van der Waals surface area contributed by atoms with Gasteiger partial charge in [0.25, 0.3) is 0 Å². The smallest absolute Gasteiger partial charge is 0.305 e. The molecule has 3 rings (SSSR count). The largest absolute Gasteiger partial charge is 0.505 e. The number of esters is 1. The van der Waals surface area contributed by atoms with E-state index in [9.17, 15) is 9.90 Å². The topological polar surface area (TPSA) is 77.2 Å². The van der Waals surface area contributed by atoms with Crippen LogP contribution in [-0.2, 0) is 16.0 Å². The number of nitrogens with zero attached hydrogens (tertiary/aromatic N) is 3. The molecule has 0 saturated heterocycles. The third-order valence-corrected chi connectivity index (χ3v) is 3.43. The Balaban J connectivity index is 1.95. The van der Waals surface area contributed by atoms with Crippen LogP contribution in [0.2, 0.25) is 0 Å². The maximum absolute atomic E-state index is 11.2. The number of methoxy groups -OCH3 is 1. The molecule has 22 heavy (non-hydrogen) atoms. The van der Waals surface area contributed by atoms with Gasteiger partial charge in [-0.05, 0) is 30.2 Å². The molecule has 6 nitrogen and oxygen atoms in total. The molecule has 2 aromatic carbocycles. The summed E-state index contributed by atoms with van der Waals surface area (Å²) in [6, 6.07) is 12.8. The number of fused-ring (bicyclic) bond motifs is 1. The molecule has 0 aliphatic heterocycles. The standard InChI is InChI=1S/C16H15N3O3/c1-22-15(20)10-9-11-5-4-8-14(16(11)21)19-17-12-6-2-3-7-13(12)18-19/h2-8,21H,9-10H2,1H3. The van der Waals surface area contributed by atoms with Crippen molar-refractivity contribution in [3.8, 4) is 11.4 Å². The van der Waals surface area contributed by atoms with Gasteiger partial charge in [0.1, 0.15) is 22.5 Å². The van der Waals surface area contributed by atoms with Gasteiger partial charge in [-0.15, -0.1) is 15.0 Å². The molecule has 0 atom stereocenters. The van der Waals surface area contributed by atoms with Gasteiger partial charge in [-0.1, -0.05) is 24.3 Å². The highest BCUT2D eigenvalue weighted by Gasteiger charge is 2.13. The molecule has 0 saturated carbocycles. The number of carbonyl (C=O) groups excluding carboxylic acids is 1. The van der Waals surface area contributed by atoms with Gasteiger partial charge in [0.15, 0.2) is 0 Å². The first-order valence-corrected chi connectivity index (χ1v) is 6.89. The van der Waals surface area contributed by atoms with Crippen molar-refractivity contribution in [2.45, 2.75) is 12.8 Å². The third-order valence-electron chi connectivity index (χ3n) is 3.43. The molecule has 0 bridgehead atoms. The molecule has 0 radical (unpaired) electrons. The zero-order valence-electron chi connectivity index (χ0n) is 12.1. The molecule has 112 valence electrons. The van der Waals surface area contributed by atoms with Crippen LogP contribution in [0.25, 0.3) is 16.7 Å². The molecular formula is C16H15N3O3. The summed E-state index contributed by atoms with van der Waals surface area (Å²) in [6.45, 7) is 0. The summed E-state index contributed by atoms with van der Waals surface area (Å²) >= 11 is 0. The first kappa shape index (κ1) is 14.1. The minimum atomic E-state index is -0.312. The fourth-order valence-corrected chi connectivity index (χ4v) is 2.25. The van der Waals surface area contributed by atoms with Crippen LogP contribution in [0.1, 0.15) is 12.0 Å². The molecule has 0 aliphatic carbocycles. The van der Waals surface area contributed by atoms with Crippen LogP contribution in [-0.4, -0.2) is 33.2 Å². The number of rotatable bonds is 4. The summed E-state index contributed by atoms with van der Waals surface area (Å²) in [5, 5.41) is 19.1. The molecule has 0 unspecified atom stereocenters. The van der Waals surface area contributed by atoms with Gasteiger partial charge in [0.2, 0.25) is 0 Å². The van der Waals surface area contributed by atoms with E-state index >= 15 is 0 Å². The number of ether oxygens (including phenoxy) is 1. The van der Waals surface area contributed by atoms with Crippen molar-refractivity contribution < 1.29 is 14.6 Å². The molecule has 0 amide bonds. The van der Waals surface area contributed by atoms with Gasteiger partial charge in [-0.3, -0.25) is 4.79 Å². The van der Waals surface area contributed by atoms with E-state index in [0.717, 1.165) is 11.0 Å². The van der Waals surface area contributed by atoms with Crippen molar-refractivity contribution in [2.75, 3.05) is 7.11 Å². The number of phenolic OH excluding ortho intramolecular Hbond substituents is 1. The monoisotopic (exact) mass is 297 g/mol. The number of aromatic hydroxyl groups is 1. The molecule has 1 N–H and O–H groups in total. The summed E-state index contributed by atoms with van der Waals surface area (Å²) < 4.78 is 4.62. The number of benzene rings is 2. The van der Waals surface area contributed by atoms with E-state index < -0.39 is 0 Å². The van der Waals surface area contributed by atoms with Gasteiger partial charge in [-0.2, -0.15) is 0 Å². The summed E-state index contributed by atoms with van der Waals surface area (Å²) in [6.07, 6.45) is 0.606. The highest BCUT2D eigenvalue weighted by Crippen LogP contribution is 2.27. The lowest BCUT2D eigenvalue weighted by Crippen LogP contribution is -2.04. The summed E-state index contributed by atoms with van der Waals surface area (Å²) in [5.41, 5.74) is 2.64. The lowest BCUT2D eigenvalue weighted by molar-refractivity contribution is -0.140. The minimum Gasteiger partial charge on any atom is -0.505 e. The SMILES string of the molecule is COC(=O)CCc1cccc(-n2nc3ccccc3n2)c1O. The fourth-order valence-electron chi connectivity index (χ4n) is 2.25. The van der Waals surface area contributed by atoms with E-state index in [0.29, 0.717) is 17.7 Å². The van der Waals surface area contributed by atoms with Crippen LogP contribution >= 0.6 is 0 Å². The van der Waals surface area contributed by atoms with E-state index in [2.05, 4.69) is 14.9 Å². The average molecular weight is 297 g/mol. The first-order valence-electron chi connectivity index (χ1n) is 6.89. The number of phenols is 1. The Morgan fingerprint density at radius 1 is 1.14 bits per heavy atom. The number of aryl methyl sites for hydroxylation is 1. The Kier molecular flexibility index (Phi) is 3.74. The van der Waals surface area contributed by atoms with Crippen LogP contribution < -0.4 is 0 Å². The second-order valence-corrected chi connectivity index (χ2v) is 4.84. The maximum atomic E-state index is 11.2. The second-order valence-electron chi connectivity index (χ2n) is 4.84. The Morgan fingerprint density at radius 2 is 1.82 bits per heavy atom. The van der Waals surface area contributed by atoms with Crippen LogP contribution in [0.5, 0.6) is 5.75 Å². The average Bonchev–Trinajstić information content (AvgIpc) is 2.97. The van der Waals surface area contributed by atoms with Gasteiger partial charge >= 0.3 is 5.97 Å². The van der Waals surface area contributed by atoms with Gasteiger partial charge in [0.05, 0.1) is 7.11 Å². The van der Waals surface area contributed by atoms with E-state index in [4.69, 9.17) is 0 Å². The zero-order valence-corrected chi connectivity index (χ0v) is 12.1. The van der Waals surface area contributed by atoms with Gasteiger partial charge < -0.3 is 9.84 Å². The molecular weight excluding hydrogens is 282 g/mol. The Labute approximate surface area is 126 Å². The number of aromatic nitrogens is 3. The van der Waals surface area contributed by atoms with Crippen LogP contribution in [0.15, 0.2) is 42.5 Å². The summed E-state index contributed by atoms with van der Waals surface area (Å²) in [4.78, 5) is 12.6. The van der Waals surface area contributed by atoms with Crippen molar-refractivity contribution >= 4 is 17.0 Å². The zero-order chi connectivity index (χ0) is 15.5. The molecule has 0 fully saturated rings. The lowest BCUT2D eigenvalue weighted by Gasteiger charge is -2.08. The second kappa shape index (κ2) is 5.85. The lowest BCUT2D eigenvalue weighted by atomic mass is 10.1. The minimum absolute atomic E-state index is 0.0757. The van der Waals surface area contributed by atoms with E-state index in [1.165, 1.54) is 11.9 Å². The predicted octanol–water partition coefficient (Wildman–Crippen LogP) is 2.23. The van der Waals surface area contributed by atoms with Crippen LogP contribution in [0.3, 0.4) is 0 Å². The van der Waals surface area contributed by atoms with Crippen LogP contribution in [0.4, 0.5) is 0 Å². The van der Waals surface area contributed by atoms with Crippen LogP contribution in [0, 0.1) is 0 Å². The Hall–Kier alpha value is -2.89. The maximum Gasteiger partial charge on any atom is 0.305 e. The van der Waals surface area contributed by atoms with Crippen molar-refractivity contribution in [3.63, 3.8) is 0 Å². The number of hydrogen-bond donors (Lipinski definition) is 1. The summed E-state index contributed by atoms with van der Waals surface area (Å²) in [7, 11) is 1.35. The molecule has 1 heterocycles. The molecule has 0 aliphatic rings. The predicted molar refractivity (Wildman–Crippen MR) is 80.9 cm³/mol. The molecule has 1 aromatic heterocycles. The normalized spacial score (nSPS) is 10.8.